The van der Waals surface area contributed by atoms with Crippen LogP contribution in [0.5, 0.6) is 0 Å². The normalized spacial score (nSPS) is 21.7. The van der Waals surface area contributed by atoms with Crippen molar-refractivity contribution in [3.8, 4) is 0 Å². The van der Waals surface area contributed by atoms with Crippen LogP contribution in [0.15, 0.2) is 18.3 Å². The van der Waals surface area contributed by atoms with E-state index in [4.69, 9.17) is 4.74 Å². The fourth-order valence-electron chi connectivity index (χ4n) is 4.64. The maximum atomic E-state index is 13.2. The molecule has 0 aliphatic carbocycles. The quantitative estimate of drug-likeness (QED) is 0.778. The smallest absolute Gasteiger partial charge is 0.257 e. The van der Waals surface area contributed by atoms with Crippen LogP contribution in [0.25, 0.3) is 0 Å². The van der Waals surface area contributed by atoms with Gasteiger partial charge in [0.05, 0.1) is 18.8 Å². The van der Waals surface area contributed by atoms with Crippen LogP contribution in [0.2, 0.25) is 0 Å². The molecule has 3 fully saturated rings. The maximum Gasteiger partial charge on any atom is 0.257 e. The molecule has 3 saturated heterocycles. The summed E-state index contributed by atoms with van der Waals surface area (Å²) in [5.41, 5.74) is 0.659. The minimum absolute atomic E-state index is 0.0280. The monoisotopic (exact) mass is 400 g/mol. The summed E-state index contributed by atoms with van der Waals surface area (Å²) in [5.74, 6) is 1.14. The molecule has 1 aromatic rings. The van der Waals surface area contributed by atoms with Crippen molar-refractivity contribution in [3.63, 3.8) is 0 Å². The van der Waals surface area contributed by atoms with Crippen LogP contribution in [0, 0.1) is 5.92 Å². The number of piperidine rings is 1. The van der Waals surface area contributed by atoms with E-state index in [2.05, 4.69) is 14.8 Å². The maximum absolute atomic E-state index is 13.2. The van der Waals surface area contributed by atoms with Gasteiger partial charge in [-0.15, -0.1) is 0 Å². The van der Waals surface area contributed by atoms with Crippen LogP contribution in [-0.4, -0.2) is 79.1 Å². The number of hydrogen-bond donors (Lipinski definition) is 0. The SMILES string of the molecule is O=C(c1cccnc1N1CCOCC1)N1CCC(C(=O)N2CCCCCC2)CC1. The summed E-state index contributed by atoms with van der Waals surface area (Å²) >= 11 is 0. The van der Waals surface area contributed by atoms with Gasteiger partial charge in [-0.3, -0.25) is 9.59 Å². The summed E-state index contributed by atoms with van der Waals surface area (Å²) in [5, 5.41) is 0. The summed E-state index contributed by atoms with van der Waals surface area (Å²) in [6, 6.07) is 3.70. The van der Waals surface area contributed by atoms with Gasteiger partial charge in [-0.25, -0.2) is 4.98 Å². The first kappa shape index (κ1) is 20.1. The van der Waals surface area contributed by atoms with Gasteiger partial charge in [-0.1, -0.05) is 12.8 Å². The number of carbonyl (C=O) groups excluding carboxylic acids is 2. The molecular formula is C22H32N4O3. The lowest BCUT2D eigenvalue weighted by molar-refractivity contribution is -0.136. The molecule has 29 heavy (non-hydrogen) atoms. The fourth-order valence-corrected chi connectivity index (χ4v) is 4.64. The molecule has 0 atom stereocenters. The Morgan fingerprint density at radius 1 is 0.897 bits per heavy atom. The highest BCUT2D eigenvalue weighted by Crippen LogP contribution is 2.25. The molecule has 3 aliphatic heterocycles. The number of amides is 2. The van der Waals surface area contributed by atoms with Crippen molar-refractivity contribution in [1.82, 2.24) is 14.8 Å². The molecule has 7 heteroatoms. The summed E-state index contributed by atoms with van der Waals surface area (Å²) < 4.78 is 5.43. The Balaban J connectivity index is 1.37. The number of pyridine rings is 1. The zero-order chi connectivity index (χ0) is 20.1. The van der Waals surface area contributed by atoms with Gasteiger partial charge in [0.1, 0.15) is 5.82 Å². The lowest BCUT2D eigenvalue weighted by Gasteiger charge is -2.35. The molecule has 4 heterocycles. The summed E-state index contributed by atoms with van der Waals surface area (Å²) in [7, 11) is 0. The molecule has 0 unspecified atom stereocenters. The van der Waals surface area contributed by atoms with Crippen LogP contribution in [0.3, 0.4) is 0 Å². The fraction of sp³-hybridized carbons (Fsp3) is 0.682. The van der Waals surface area contributed by atoms with Crippen LogP contribution >= 0.6 is 0 Å². The van der Waals surface area contributed by atoms with E-state index in [0.717, 1.165) is 57.7 Å². The first-order valence-corrected chi connectivity index (χ1v) is 11.1. The number of aromatic nitrogens is 1. The third kappa shape index (κ3) is 4.71. The number of rotatable bonds is 3. The van der Waals surface area contributed by atoms with Gasteiger partial charge in [-0.05, 0) is 37.8 Å². The van der Waals surface area contributed by atoms with Crippen molar-refractivity contribution in [2.45, 2.75) is 38.5 Å². The Bertz CT molecular complexity index is 704. The first-order chi connectivity index (χ1) is 14.2. The van der Waals surface area contributed by atoms with Crippen LogP contribution < -0.4 is 4.90 Å². The highest BCUT2D eigenvalue weighted by molar-refractivity contribution is 5.99. The molecule has 0 bridgehead atoms. The number of morpholine rings is 1. The minimum atomic E-state index is 0.0280. The van der Waals surface area contributed by atoms with Crippen LogP contribution in [0.4, 0.5) is 5.82 Å². The minimum Gasteiger partial charge on any atom is -0.378 e. The van der Waals surface area contributed by atoms with E-state index in [-0.39, 0.29) is 11.8 Å². The zero-order valence-corrected chi connectivity index (χ0v) is 17.2. The van der Waals surface area contributed by atoms with E-state index in [9.17, 15) is 9.59 Å². The van der Waals surface area contributed by atoms with Gasteiger partial charge in [0.2, 0.25) is 5.91 Å². The lowest BCUT2D eigenvalue weighted by atomic mass is 9.94. The van der Waals surface area contributed by atoms with E-state index < -0.39 is 0 Å². The number of hydrogen-bond acceptors (Lipinski definition) is 5. The van der Waals surface area contributed by atoms with Gasteiger partial charge in [-0.2, -0.15) is 0 Å². The third-order valence-electron chi connectivity index (χ3n) is 6.38. The Kier molecular flexibility index (Phi) is 6.64. The Morgan fingerprint density at radius 2 is 1.59 bits per heavy atom. The molecular weight excluding hydrogens is 368 g/mol. The molecule has 1 aromatic heterocycles. The van der Waals surface area contributed by atoms with Crippen molar-refractivity contribution in [1.29, 1.82) is 0 Å². The molecule has 0 spiro atoms. The number of likely N-dealkylation sites (tertiary alicyclic amines) is 2. The number of ether oxygens (including phenoxy) is 1. The Hall–Kier alpha value is -2.15. The average Bonchev–Trinajstić information content (AvgIpc) is 3.08. The van der Waals surface area contributed by atoms with Crippen molar-refractivity contribution < 1.29 is 14.3 Å². The standard InChI is InChI=1S/C22H32N4O3/c27-21(25-10-3-1-2-4-11-25)18-7-12-26(13-8-18)22(28)19-6-5-9-23-20(19)24-14-16-29-17-15-24/h5-6,9,18H,1-4,7-8,10-17H2. The van der Waals surface area contributed by atoms with E-state index in [1.807, 2.05) is 17.0 Å². The molecule has 0 N–H and O–H groups in total. The molecule has 7 nitrogen and oxygen atoms in total. The van der Waals surface area contributed by atoms with Gasteiger partial charge in [0.25, 0.3) is 5.91 Å². The second kappa shape index (κ2) is 9.57. The van der Waals surface area contributed by atoms with E-state index >= 15 is 0 Å². The highest BCUT2D eigenvalue weighted by atomic mass is 16.5. The van der Waals surface area contributed by atoms with Crippen molar-refractivity contribution >= 4 is 17.6 Å². The molecule has 2 amide bonds. The predicted octanol–water partition coefficient (Wildman–Crippen LogP) is 2.17. The van der Waals surface area contributed by atoms with Crippen molar-refractivity contribution in [2.24, 2.45) is 5.92 Å². The Morgan fingerprint density at radius 3 is 2.28 bits per heavy atom. The molecule has 0 radical (unpaired) electrons. The Labute approximate surface area is 173 Å². The van der Waals surface area contributed by atoms with Crippen LogP contribution in [-0.2, 0) is 9.53 Å². The lowest BCUT2D eigenvalue weighted by Crippen LogP contribution is -2.45. The van der Waals surface area contributed by atoms with E-state index in [1.165, 1.54) is 12.8 Å². The molecule has 3 aliphatic rings. The molecule has 0 aromatic carbocycles. The summed E-state index contributed by atoms with van der Waals surface area (Å²) in [6.45, 7) is 5.91. The second-order valence-corrected chi connectivity index (χ2v) is 8.28. The van der Waals surface area contributed by atoms with Crippen LogP contribution in [0.1, 0.15) is 48.9 Å². The third-order valence-corrected chi connectivity index (χ3v) is 6.38. The summed E-state index contributed by atoms with van der Waals surface area (Å²) in [6.07, 6.45) is 7.96. The van der Waals surface area contributed by atoms with Crippen molar-refractivity contribution in [2.75, 3.05) is 57.4 Å². The molecule has 158 valence electrons. The van der Waals surface area contributed by atoms with Gasteiger partial charge in [0.15, 0.2) is 0 Å². The predicted molar refractivity (Wildman–Crippen MR) is 111 cm³/mol. The summed E-state index contributed by atoms with van der Waals surface area (Å²) in [4.78, 5) is 36.7. The second-order valence-electron chi connectivity index (χ2n) is 8.28. The first-order valence-electron chi connectivity index (χ1n) is 11.1. The number of nitrogens with zero attached hydrogens (tertiary/aromatic N) is 4. The average molecular weight is 401 g/mol. The van der Waals surface area contributed by atoms with E-state index in [0.29, 0.717) is 37.8 Å². The number of carbonyl (C=O) groups is 2. The molecule has 0 saturated carbocycles. The van der Waals surface area contributed by atoms with Crippen molar-refractivity contribution in [3.05, 3.63) is 23.9 Å². The number of anilines is 1. The van der Waals surface area contributed by atoms with Gasteiger partial charge < -0.3 is 19.4 Å². The van der Waals surface area contributed by atoms with Gasteiger partial charge in [0, 0.05) is 51.4 Å². The zero-order valence-electron chi connectivity index (χ0n) is 17.2. The molecule has 4 rings (SSSR count). The largest absolute Gasteiger partial charge is 0.378 e. The highest BCUT2D eigenvalue weighted by Gasteiger charge is 2.32. The van der Waals surface area contributed by atoms with Gasteiger partial charge >= 0.3 is 0 Å². The van der Waals surface area contributed by atoms with E-state index in [1.54, 1.807) is 6.20 Å². The topological polar surface area (TPSA) is 66.0 Å².